The summed E-state index contributed by atoms with van der Waals surface area (Å²) in [6.45, 7) is 3.81. The van der Waals surface area contributed by atoms with E-state index >= 15 is 0 Å². The molecular formula is C10H16O7. The number of rotatable bonds is 2. The first-order chi connectivity index (χ1) is 7.82. The molecule has 0 aromatic heterocycles. The van der Waals surface area contributed by atoms with E-state index in [0.717, 1.165) is 13.8 Å². The highest BCUT2D eigenvalue weighted by Gasteiger charge is 2.47. The maximum atomic E-state index is 10.9. The van der Waals surface area contributed by atoms with Crippen LogP contribution in [0.15, 0.2) is 0 Å². The number of carbonyl (C=O) groups is 2. The Bertz CT molecular complexity index is 303. The molecule has 1 fully saturated rings. The van der Waals surface area contributed by atoms with Gasteiger partial charge in [-0.1, -0.05) is 0 Å². The molecule has 5 atom stereocenters. The Morgan fingerprint density at radius 3 is 2.00 bits per heavy atom. The van der Waals surface area contributed by atoms with Crippen molar-refractivity contribution >= 4 is 11.9 Å². The van der Waals surface area contributed by atoms with Gasteiger partial charge in [-0.25, -0.2) is 0 Å². The van der Waals surface area contributed by atoms with Gasteiger partial charge in [0.25, 0.3) is 0 Å². The van der Waals surface area contributed by atoms with Crippen LogP contribution < -0.4 is 0 Å². The summed E-state index contributed by atoms with van der Waals surface area (Å²) in [5, 5.41) is 19.4. The summed E-state index contributed by atoms with van der Waals surface area (Å²) >= 11 is 0. The van der Waals surface area contributed by atoms with Crippen LogP contribution in [0.2, 0.25) is 0 Å². The Kier molecular flexibility index (Phi) is 4.44. The van der Waals surface area contributed by atoms with Crippen molar-refractivity contribution in [3.05, 3.63) is 0 Å². The number of esters is 2. The van der Waals surface area contributed by atoms with Crippen LogP contribution in [-0.2, 0) is 23.8 Å². The molecule has 0 bridgehead atoms. The fraction of sp³-hybridized carbons (Fsp3) is 0.800. The molecule has 17 heavy (non-hydrogen) atoms. The van der Waals surface area contributed by atoms with Crippen LogP contribution in [0.5, 0.6) is 0 Å². The molecule has 1 aliphatic rings. The number of aliphatic hydroxyl groups is 2. The van der Waals surface area contributed by atoms with E-state index in [-0.39, 0.29) is 0 Å². The number of hydrogen-bond donors (Lipinski definition) is 2. The second-order valence-corrected chi connectivity index (χ2v) is 3.87. The van der Waals surface area contributed by atoms with Crippen LogP contribution >= 0.6 is 0 Å². The monoisotopic (exact) mass is 248 g/mol. The van der Waals surface area contributed by atoms with Gasteiger partial charge in [0, 0.05) is 13.8 Å². The molecule has 1 saturated heterocycles. The average molecular weight is 248 g/mol. The zero-order valence-corrected chi connectivity index (χ0v) is 9.82. The quantitative estimate of drug-likeness (QED) is 0.601. The van der Waals surface area contributed by atoms with E-state index in [1.54, 1.807) is 0 Å². The van der Waals surface area contributed by atoms with E-state index < -0.39 is 42.6 Å². The van der Waals surface area contributed by atoms with E-state index in [9.17, 15) is 19.8 Å². The van der Waals surface area contributed by atoms with Crippen molar-refractivity contribution in [2.24, 2.45) is 0 Å². The molecule has 0 spiro atoms. The summed E-state index contributed by atoms with van der Waals surface area (Å²) in [7, 11) is 0. The topological polar surface area (TPSA) is 102 Å². The van der Waals surface area contributed by atoms with E-state index in [2.05, 4.69) is 0 Å². The lowest BCUT2D eigenvalue weighted by molar-refractivity contribution is -0.285. The van der Waals surface area contributed by atoms with Crippen LogP contribution in [0.25, 0.3) is 0 Å². The number of hydrogen-bond acceptors (Lipinski definition) is 7. The first-order valence-electron chi connectivity index (χ1n) is 5.19. The van der Waals surface area contributed by atoms with E-state index in [1.807, 2.05) is 0 Å². The minimum Gasteiger partial charge on any atom is -0.455 e. The van der Waals surface area contributed by atoms with Gasteiger partial charge in [0.2, 0.25) is 0 Å². The first-order valence-corrected chi connectivity index (χ1v) is 5.19. The molecule has 2 N–H and O–H groups in total. The second kappa shape index (κ2) is 5.44. The molecule has 98 valence electrons. The molecular weight excluding hydrogens is 232 g/mol. The predicted molar refractivity (Wildman–Crippen MR) is 53.7 cm³/mol. The number of ether oxygens (including phenoxy) is 3. The van der Waals surface area contributed by atoms with Gasteiger partial charge in [-0.15, -0.1) is 0 Å². The van der Waals surface area contributed by atoms with Crippen LogP contribution in [0, 0.1) is 0 Å². The minimum absolute atomic E-state index is 0.646. The summed E-state index contributed by atoms with van der Waals surface area (Å²) in [6, 6.07) is 0. The molecule has 0 aromatic rings. The molecule has 1 unspecified atom stereocenters. The molecule has 0 amide bonds. The summed E-state index contributed by atoms with van der Waals surface area (Å²) < 4.78 is 14.6. The third-order valence-electron chi connectivity index (χ3n) is 2.38. The van der Waals surface area contributed by atoms with Gasteiger partial charge in [0.15, 0.2) is 18.5 Å². The van der Waals surface area contributed by atoms with Crippen LogP contribution in [0.1, 0.15) is 20.8 Å². The van der Waals surface area contributed by atoms with Crippen molar-refractivity contribution in [3.63, 3.8) is 0 Å². The lowest BCUT2D eigenvalue weighted by atomic mass is 9.99. The fourth-order valence-corrected chi connectivity index (χ4v) is 1.65. The van der Waals surface area contributed by atoms with Crippen LogP contribution in [-0.4, -0.2) is 52.9 Å². The molecule has 0 saturated carbocycles. The van der Waals surface area contributed by atoms with Gasteiger partial charge in [0.05, 0.1) is 6.10 Å². The lowest BCUT2D eigenvalue weighted by Crippen LogP contribution is -2.59. The standard InChI is InChI=1S/C10H16O7/c1-4-7(13)8(16-5(2)11)9(10(14)15-4)17-6(3)12/h4,7-10,13-14H,1-3H3/t4-,7+,8+,9-,10?/m1/s1. The minimum atomic E-state index is -1.44. The highest BCUT2D eigenvalue weighted by atomic mass is 16.7. The summed E-state index contributed by atoms with van der Waals surface area (Å²) in [5.41, 5.74) is 0. The Hall–Kier alpha value is -1.18. The molecule has 1 heterocycles. The van der Waals surface area contributed by atoms with Crippen molar-refractivity contribution in [3.8, 4) is 0 Å². The normalized spacial score (nSPS) is 37.4. The van der Waals surface area contributed by atoms with Crippen LogP contribution in [0.3, 0.4) is 0 Å². The van der Waals surface area contributed by atoms with Gasteiger partial charge in [-0.3, -0.25) is 9.59 Å². The molecule has 0 radical (unpaired) electrons. The molecule has 1 aliphatic heterocycles. The fourth-order valence-electron chi connectivity index (χ4n) is 1.65. The van der Waals surface area contributed by atoms with Gasteiger partial charge in [-0.2, -0.15) is 0 Å². The Morgan fingerprint density at radius 1 is 1.06 bits per heavy atom. The zero-order valence-electron chi connectivity index (χ0n) is 9.82. The van der Waals surface area contributed by atoms with E-state index in [4.69, 9.17) is 14.2 Å². The highest BCUT2D eigenvalue weighted by molar-refractivity contribution is 5.67. The van der Waals surface area contributed by atoms with Gasteiger partial charge in [-0.05, 0) is 6.92 Å². The second-order valence-electron chi connectivity index (χ2n) is 3.87. The highest BCUT2D eigenvalue weighted by Crippen LogP contribution is 2.24. The summed E-state index contributed by atoms with van der Waals surface area (Å²) in [4.78, 5) is 21.8. The van der Waals surface area contributed by atoms with E-state index in [0.29, 0.717) is 0 Å². The third-order valence-corrected chi connectivity index (χ3v) is 2.38. The van der Waals surface area contributed by atoms with Gasteiger partial charge in [0.1, 0.15) is 6.10 Å². The molecule has 7 heteroatoms. The lowest BCUT2D eigenvalue weighted by Gasteiger charge is -2.40. The molecule has 0 aromatic carbocycles. The maximum Gasteiger partial charge on any atom is 0.303 e. The van der Waals surface area contributed by atoms with Crippen molar-refractivity contribution < 1.29 is 34.0 Å². The summed E-state index contributed by atoms with van der Waals surface area (Å²) in [6.07, 6.45) is -5.73. The maximum absolute atomic E-state index is 10.9. The largest absolute Gasteiger partial charge is 0.455 e. The van der Waals surface area contributed by atoms with E-state index in [1.165, 1.54) is 6.92 Å². The Balaban J connectivity index is 2.86. The first kappa shape index (κ1) is 13.9. The van der Waals surface area contributed by atoms with Gasteiger partial charge >= 0.3 is 11.9 Å². The van der Waals surface area contributed by atoms with Gasteiger partial charge < -0.3 is 24.4 Å². The molecule has 1 rings (SSSR count). The van der Waals surface area contributed by atoms with Crippen molar-refractivity contribution in [2.75, 3.05) is 0 Å². The zero-order chi connectivity index (χ0) is 13.2. The SMILES string of the molecule is CC(=O)O[C@H]1[C@@H](O)[C@@H](C)OC(O)[C@@H]1OC(C)=O. The smallest absolute Gasteiger partial charge is 0.303 e. The van der Waals surface area contributed by atoms with Crippen LogP contribution in [0.4, 0.5) is 0 Å². The number of aliphatic hydroxyl groups excluding tert-OH is 2. The Morgan fingerprint density at radius 2 is 1.53 bits per heavy atom. The average Bonchev–Trinajstić information content (AvgIpc) is 2.19. The molecule has 7 nitrogen and oxygen atoms in total. The van der Waals surface area contributed by atoms with Crippen molar-refractivity contribution in [1.29, 1.82) is 0 Å². The third kappa shape index (κ3) is 3.39. The Labute approximate surface area is 98.3 Å². The number of carbonyl (C=O) groups excluding carboxylic acids is 2. The van der Waals surface area contributed by atoms with Crippen molar-refractivity contribution in [2.45, 2.75) is 51.5 Å². The summed E-state index contributed by atoms with van der Waals surface area (Å²) in [5.74, 6) is -1.32. The predicted octanol–water partition coefficient (Wildman–Crippen LogP) is -1.05. The molecule has 0 aliphatic carbocycles. The van der Waals surface area contributed by atoms with Crippen molar-refractivity contribution in [1.82, 2.24) is 0 Å².